The molecule has 2 aromatic carbocycles. The molecule has 1 unspecified atom stereocenters. The number of fused-ring (bicyclic) bond motifs is 1. The van der Waals surface area contributed by atoms with Crippen LogP contribution in [0.4, 0.5) is 4.39 Å². The Hall–Kier alpha value is -2.73. The summed E-state index contributed by atoms with van der Waals surface area (Å²) in [4.78, 5) is 26.8. The van der Waals surface area contributed by atoms with Gasteiger partial charge in [0.1, 0.15) is 5.82 Å². The highest BCUT2D eigenvalue weighted by Crippen LogP contribution is 2.25. The molecule has 2 aromatic rings. The maximum Gasteiger partial charge on any atom is 0.254 e. The molecule has 5 nitrogen and oxygen atoms in total. The highest BCUT2D eigenvalue weighted by atomic mass is 19.1. The third kappa shape index (κ3) is 11.5. The van der Waals surface area contributed by atoms with Gasteiger partial charge >= 0.3 is 0 Å². The molecule has 1 atom stereocenters. The van der Waals surface area contributed by atoms with E-state index in [0.29, 0.717) is 31.7 Å². The second-order valence-corrected chi connectivity index (χ2v) is 10.4. The van der Waals surface area contributed by atoms with Gasteiger partial charge in [-0.25, -0.2) is 4.39 Å². The van der Waals surface area contributed by atoms with Crippen molar-refractivity contribution < 1.29 is 18.7 Å². The van der Waals surface area contributed by atoms with Crippen LogP contribution in [-0.2, 0) is 22.5 Å². The number of unbranched alkanes of at least 4 members (excludes halogenated alkanes) is 8. The fraction of sp³-hybridized carbons (Fsp3) is 0.576. The number of ether oxygens (including phenoxy) is 1. The first-order valence-electron chi connectivity index (χ1n) is 14.6. The van der Waals surface area contributed by atoms with E-state index in [2.05, 4.69) is 24.4 Å². The van der Waals surface area contributed by atoms with Crippen molar-refractivity contribution in [3.05, 3.63) is 71.0 Å². The lowest BCUT2D eigenvalue weighted by atomic mass is 9.93. The Kier molecular flexibility index (Phi) is 15.4. The molecule has 2 amide bonds. The second kappa shape index (κ2) is 18.5. The van der Waals surface area contributed by atoms with Crippen molar-refractivity contribution in [1.82, 2.24) is 10.2 Å². The van der Waals surface area contributed by atoms with Gasteiger partial charge < -0.3 is 15.0 Å². The largest absolute Gasteiger partial charge is 0.379 e. The van der Waals surface area contributed by atoms with E-state index in [4.69, 9.17) is 4.74 Å². The number of halogens is 1. The molecule has 39 heavy (non-hydrogen) atoms. The van der Waals surface area contributed by atoms with Crippen LogP contribution in [0.3, 0.4) is 0 Å². The van der Waals surface area contributed by atoms with Crippen LogP contribution < -0.4 is 5.32 Å². The van der Waals surface area contributed by atoms with Gasteiger partial charge in [0, 0.05) is 31.7 Å². The first kappa shape index (κ1) is 32.5. The minimum atomic E-state index is -0.397. The van der Waals surface area contributed by atoms with Crippen LogP contribution in [0.5, 0.6) is 0 Å². The van der Waals surface area contributed by atoms with E-state index in [1.165, 1.54) is 43.4 Å². The molecule has 0 bridgehead atoms. The van der Waals surface area contributed by atoms with E-state index < -0.39 is 5.82 Å². The molecule has 1 heterocycles. The van der Waals surface area contributed by atoms with Crippen LogP contribution in [0.15, 0.2) is 48.5 Å². The zero-order valence-electron chi connectivity index (χ0n) is 23.1. The van der Waals surface area contributed by atoms with Gasteiger partial charge in [0.05, 0.1) is 12.6 Å². The van der Waals surface area contributed by atoms with Gasteiger partial charge in [-0.05, 0) is 55.0 Å². The number of rotatable bonds is 17. The monoisotopic (exact) mass is 540 g/mol. The molecule has 1 aliphatic rings. The van der Waals surface area contributed by atoms with E-state index in [-0.39, 0.29) is 25.3 Å². The molecule has 0 saturated carbocycles. The van der Waals surface area contributed by atoms with E-state index in [1.807, 2.05) is 17.0 Å². The average Bonchev–Trinajstić information content (AvgIpc) is 2.93. The molecule has 6 heteroatoms. The summed E-state index contributed by atoms with van der Waals surface area (Å²) in [6.07, 6.45) is 12.7. The lowest BCUT2D eigenvalue weighted by molar-refractivity contribution is -0.121. The Balaban J connectivity index is 0.00000533. The number of carbonyl (C=O) groups is 2. The highest BCUT2D eigenvalue weighted by molar-refractivity contribution is 5.94. The standard InChI is InChI=1S/C32H45FN2O3.CH4/c1-2-3-20-34-31(36)19-10-8-6-4-5-7-9-13-21-38-25-30-23-26-15-11-12-16-28(26)24-35(30)32(37)27-17-14-18-29(33)22-27;/h11-12,14-18,22,30H,2-10,13,19-21,23-25H2,1H3,(H,34,36);1H4. The summed E-state index contributed by atoms with van der Waals surface area (Å²) in [6, 6.07) is 14.1. The first-order chi connectivity index (χ1) is 18.6. The summed E-state index contributed by atoms with van der Waals surface area (Å²) in [5, 5.41) is 2.98. The molecule has 0 fully saturated rings. The van der Waals surface area contributed by atoms with Gasteiger partial charge in [-0.3, -0.25) is 9.59 Å². The van der Waals surface area contributed by atoms with Gasteiger partial charge in [0.25, 0.3) is 5.91 Å². The molecule has 0 aromatic heterocycles. The summed E-state index contributed by atoms with van der Waals surface area (Å²) < 4.78 is 19.8. The van der Waals surface area contributed by atoms with Crippen molar-refractivity contribution in [3.8, 4) is 0 Å². The number of hydrogen-bond donors (Lipinski definition) is 1. The van der Waals surface area contributed by atoms with Crippen molar-refractivity contribution in [2.24, 2.45) is 0 Å². The van der Waals surface area contributed by atoms with Gasteiger partial charge in [-0.2, -0.15) is 0 Å². The third-order valence-corrected chi connectivity index (χ3v) is 7.29. The third-order valence-electron chi connectivity index (χ3n) is 7.29. The number of amides is 2. The van der Waals surface area contributed by atoms with E-state index >= 15 is 0 Å². The summed E-state index contributed by atoms with van der Waals surface area (Å²) in [6.45, 7) is 4.63. The lowest BCUT2D eigenvalue weighted by Gasteiger charge is -2.37. The minimum Gasteiger partial charge on any atom is -0.379 e. The van der Waals surface area contributed by atoms with E-state index in [9.17, 15) is 14.0 Å². The van der Waals surface area contributed by atoms with Crippen LogP contribution in [0, 0.1) is 5.82 Å². The van der Waals surface area contributed by atoms with Gasteiger partial charge in [-0.15, -0.1) is 0 Å². The Morgan fingerprint density at radius 1 is 0.923 bits per heavy atom. The Labute approximate surface area is 235 Å². The molecule has 3 rings (SSSR count). The van der Waals surface area contributed by atoms with Gasteiger partial charge in [-0.1, -0.05) is 89.6 Å². The number of benzene rings is 2. The predicted octanol–water partition coefficient (Wildman–Crippen LogP) is 7.47. The molecular weight excluding hydrogens is 491 g/mol. The van der Waals surface area contributed by atoms with Crippen molar-refractivity contribution in [3.63, 3.8) is 0 Å². The van der Waals surface area contributed by atoms with E-state index in [0.717, 1.165) is 57.1 Å². The molecule has 1 N–H and O–H groups in total. The topological polar surface area (TPSA) is 58.6 Å². The van der Waals surface area contributed by atoms with E-state index in [1.54, 1.807) is 12.1 Å². The Morgan fingerprint density at radius 3 is 2.33 bits per heavy atom. The maximum absolute atomic E-state index is 13.8. The maximum atomic E-state index is 13.8. The Morgan fingerprint density at radius 2 is 1.62 bits per heavy atom. The molecule has 216 valence electrons. The molecule has 0 saturated heterocycles. The van der Waals surface area contributed by atoms with Crippen LogP contribution in [0.2, 0.25) is 0 Å². The molecule has 0 radical (unpaired) electrons. The molecule has 0 spiro atoms. The number of nitrogens with zero attached hydrogens (tertiary/aromatic N) is 1. The molecule has 0 aliphatic carbocycles. The fourth-order valence-corrected chi connectivity index (χ4v) is 5.02. The zero-order chi connectivity index (χ0) is 27.0. The van der Waals surface area contributed by atoms with Gasteiger partial charge in [0.15, 0.2) is 0 Å². The van der Waals surface area contributed by atoms with Crippen LogP contribution in [0.25, 0.3) is 0 Å². The second-order valence-electron chi connectivity index (χ2n) is 10.4. The summed E-state index contributed by atoms with van der Waals surface area (Å²) in [5.41, 5.74) is 2.77. The summed E-state index contributed by atoms with van der Waals surface area (Å²) in [7, 11) is 0. The summed E-state index contributed by atoms with van der Waals surface area (Å²) in [5.74, 6) is -0.353. The van der Waals surface area contributed by atoms with Crippen molar-refractivity contribution in [2.45, 2.75) is 104 Å². The van der Waals surface area contributed by atoms with Crippen LogP contribution in [0.1, 0.15) is 106 Å². The highest BCUT2D eigenvalue weighted by Gasteiger charge is 2.30. The fourth-order valence-electron chi connectivity index (χ4n) is 5.02. The zero-order valence-corrected chi connectivity index (χ0v) is 23.1. The van der Waals surface area contributed by atoms with Crippen molar-refractivity contribution in [1.29, 1.82) is 0 Å². The minimum absolute atomic E-state index is 0. The van der Waals surface area contributed by atoms with Crippen molar-refractivity contribution in [2.75, 3.05) is 19.8 Å². The molecule has 1 aliphatic heterocycles. The summed E-state index contributed by atoms with van der Waals surface area (Å²) >= 11 is 0. The number of carbonyl (C=O) groups excluding carboxylic acids is 2. The van der Waals surface area contributed by atoms with Crippen molar-refractivity contribution >= 4 is 11.8 Å². The van der Waals surface area contributed by atoms with Crippen LogP contribution in [-0.4, -0.2) is 42.5 Å². The smallest absolute Gasteiger partial charge is 0.254 e. The Bertz CT molecular complexity index is 996. The lowest BCUT2D eigenvalue weighted by Crippen LogP contribution is -2.46. The normalized spacial score (nSPS) is 14.4. The predicted molar refractivity (Wildman–Crippen MR) is 157 cm³/mol. The SMILES string of the molecule is C.CCCCNC(=O)CCCCCCCCCCOCC1Cc2ccccc2CN1C(=O)c1cccc(F)c1. The first-order valence-corrected chi connectivity index (χ1v) is 14.6. The quantitative estimate of drug-likeness (QED) is 0.212. The average molecular weight is 541 g/mol. The van der Waals surface area contributed by atoms with Crippen LogP contribution >= 0.6 is 0 Å². The number of nitrogens with one attached hydrogen (secondary N) is 1. The molecular formula is C33H49FN2O3. The van der Waals surface area contributed by atoms with Gasteiger partial charge in [0.2, 0.25) is 5.91 Å². The number of hydrogen-bond acceptors (Lipinski definition) is 3.